The lowest BCUT2D eigenvalue weighted by Gasteiger charge is -2.08. The summed E-state index contributed by atoms with van der Waals surface area (Å²) < 4.78 is 0. The number of aromatic nitrogens is 2. The second kappa shape index (κ2) is 15.3. The van der Waals surface area contributed by atoms with Crippen LogP contribution in [0, 0.1) is 0 Å². The highest BCUT2D eigenvalue weighted by molar-refractivity contribution is 5.55. The third kappa shape index (κ3) is 11.5. The molecule has 0 bridgehead atoms. The van der Waals surface area contributed by atoms with Gasteiger partial charge in [-0.2, -0.15) is 9.97 Å². The first kappa shape index (κ1) is 23.3. The fourth-order valence-corrected chi connectivity index (χ4v) is 3.34. The number of rotatable bonds is 16. The molecule has 0 saturated carbocycles. The summed E-state index contributed by atoms with van der Waals surface area (Å²) in [7, 11) is 0. The monoisotopic (exact) mass is 375 g/mol. The lowest BCUT2D eigenvalue weighted by atomic mass is 10.0. The van der Waals surface area contributed by atoms with Crippen molar-refractivity contribution in [1.29, 1.82) is 0 Å². The summed E-state index contributed by atoms with van der Waals surface area (Å²) in [4.78, 5) is 7.97. The smallest absolute Gasteiger partial charge is 0.223 e. The molecule has 0 fully saturated rings. The molecular formula is C22H41N5. The van der Waals surface area contributed by atoms with Crippen LogP contribution in [0.25, 0.3) is 0 Å². The quantitative estimate of drug-likeness (QED) is 0.250. The summed E-state index contributed by atoms with van der Waals surface area (Å²) in [6, 6.07) is 0. The van der Waals surface area contributed by atoms with Crippen LogP contribution in [0.1, 0.15) is 102 Å². The molecule has 1 heterocycles. The van der Waals surface area contributed by atoms with Gasteiger partial charge in [0.25, 0.3) is 0 Å². The van der Waals surface area contributed by atoms with Crippen molar-refractivity contribution in [3.05, 3.63) is 17.7 Å². The third-order valence-electron chi connectivity index (χ3n) is 5.03. The van der Waals surface area contributed by atoms with Crippen molar-refractivity contribution in [2.75, 3.05) is 17.2 Å². The molecule has 0 atom stereocenters. The molecule has 0 amide bonds. The van der Waals surface area contributed by atoms with Crippen LogP contribution in [-0.2, 0) is 6.42 Å². The van der Waals surface area contributed by atoms with E-state index in [1.165, 1.54) is 83.5 Å². The van der Waals surface area contributed by atoms with Gasteiger partial charge in [0.1, 0.15) is 11.6 Å². The summed E-state index contributed by atoms with van der Waals surface area (Å²) in [6.45, 7) is 2.27. The highest BCUT2D eigenvalue weighted by atomic mass is 15.1. The second-order valence-corrected chi connectivity index (χ2v) is 7.52. The molecule has 27 heavy (non-hydrogen) atoms. The number of nitrogens with zero attached hydrogens (tertiary/aromatic N) is 2. The Bertz CT molecular complexity index is 504. The summed E-state index contributed by atoms with van der Waals surface area (Å²) in [6.07, 6.45) is 23.8. The molecule has 0 aliphatic carbocycles. The van der Waals surface area contributed by atoms with Crippen LogP contribution >= 0.6 is 0 Å². The van der Waals surface area contributed by atoms with Crippen molar-refractivity contribution in [3.63, 3.8) is 0 Å². The van der Waals surface area contributed by atoms with E-state index in [0.717, 1.165) is 18.4 Å². The fraction of sp³-hybridized carbons (Fsp3) is 0.727. The molecule has 1 aromatic rings. The first-order chi connectivity index (χ1) is 13.1. The molecule has 0 spiro atoms. The van der Waals surface area contributed by atoms with Gasteiger partial charge in [-0.15, -0.1) is 0 Å². The molecule has 5 nitrogen and oxygen atoms in total. The van der Waals surface area contributed by atoms with E-state index in [4.69, 9.17) is 17.2 Å². The summed E-state index contributed by atoms with van der Waals surface area (Å²) in [5.74, 6) is 0.996. The topological polar surface area (TPSA) is 104 Å². The van der Waals surface area contributed by atoms with Gasteiger partial charge < -0.3 is 17.2 Å². The average molecular weight is 376 g/mol. The molecule has 0 unspecified atom stereocenters. The molecule has 1 rings (SSSR count). The average Bonchev–Trinajstić information content (AvgIpc) is 2.63. The fourth-order valence-electron chi connectivity index (χ4n) is 3.34. The number of hydrogen-bond donors (Lipinski definition) is 3. The van der Waals surface area contributed by atoms with E-state index in [9.17, 15) is 0 Å². The van der Waals surface area contributed by atoms with Gasteiger partial charge in [-0.25, -0.2) is 0 Å². The summed E-state index contributed by atoms with van der Waals surface area (Å²) in [5, 5.41) is 0. The first-order valence-corrected chi connectivity index (χ1v) is 11.0. The van der Waals surface area contributed by atoms with Crippen LogP contribution in [0.3, 0.4) is 0 Å². The van der Waals surface area contributed by atoms with Crippen molar-refractivity contribution >= 4 is 17.6 Å². The maximum absolute atomic E-state index is 5.87. The normalized spacial score (nSPS) is 11.4. The van der Waals surface area contributed by atoms with Crippen LogP contribution in [0.15, 0.2) is 12.2 Å². The van der Waals surface area contributed by atoms with E-state index in [0.29, 0.717) is 11.6 Å². The van der Waals surface area contributed by atoms with E-state index in [1.54, 1.807) is 0 Å². The molecule has 0 aromatic carbocycles. The van der Waals surface area contributed by atoms with Crippen LogP contribution in [0.5, 0.6) is 0 Å². The van der Waals surface area contributed by atoms with Crippen molar-refractivity contribution in [2.45, 2.75) is 103 Å². The zero-order chi connectivity index (χ0) is 19.7. The molecular weight excluding hydrogens is 334 g/mol. The van der Waals surface area contributed by atoms with Gasteiger partial charge in [-0.05, 0) is 38.5 Å². The lowest BCUT2D eigenvalue weighted by Crippen LogP contribution is -2.08. The number of nitrogen functional groups attached to an aromatic ring is 3. The molecule has 0 saturated heterocycles. The minimum absolute atomic E-state index is 0.148. The van der Waals surface area contributed by atoms with Gasteiger partial charge in [-0.3, -0.25) is 0 Å². The van der Waals surface area contributed by atoms with E-state index in [-0.39, 0.29) is 5.95 Å². The Morgan fingerprint density at radius 2 is 1.07 bits per heavy atom. The van der Waals surface area contributed by atoms with E-state index >= 15 is 0 Å². The Morgan fingerprint density at radius 3 is 1.59 bits per heavy atom. The van der Waals surface area contributed by atoms with Crippen molar-refractivity contribution in [3.8, 4) is 0 Å². The van der Waals surface area contributed by atoms with Crippen LogP contribution in [-0.4, -0.2) is 9.97 Å². The summed E-state index contributed by atoms with van der Waals surface area (Å²) in [5.41, 5.74) is 18.1. The predicted octanol–water partition coefficient (Wildman–Crippen LogP) is 5.80. The third-order valence-corrected chi connectivity index (χ3v) is 5.03. The van der Waals surface area contributed by atoms with Gasteiger partial charge in [0.2, 0.25) is 5.95 Å². The van der Waals surface area contributed by atoms with Crippen molar-refractivity contribution in [2.24, 2.45) is 0 Å². The molecule has 0 aliphatic rings. The number of unbranched alkanes of at least 4 members (excludes halogenated alkanes) is 12. The summed E-state index contributed by atoms with van der Waals surface area (Å²) >= 11 is 0. The standard InChI is InChI=1S/C22H41N5/c1-2-3-4-5-6-7-8-9-10-11-12-13-14-15-16-17-18-19-20(23)26-22(25)27-21(19)24/h9-10H,2-8,11-18H2,1H3,(H6,23,24,25,26,27)/b10-9-. The van der Waals surface area contributed by atoms with Crippen LogP contribution < -0.4 is 17.2 Å². The maximum Gasteiger partial charge on any atom is 0.223 e. The van der Waals surface area contributed by atoms with Gasteiger partial charge in [0.15, 0.2) is 0 Å². The zero-order valence-corrected chi connectivity index (χ0v) is 17.4. The number of anilines is 3. The molecule has 1 aromatic heterocycles. The molecule has 154 valence electrons. The number of allylic oxidation sites excluding steroid dienone is 2. The van der Waals surface area contributed by atoms with Crippen molar-refractivity contribution < 1.29 is 0 Å². The number of nitrogens with two attached hydrogens (primary N) is 3. The van der Waals surface area contributed by atoms with Crippen LogP contribution in [0.2, 0.25) is 0 Å². The van der Waals surface area contributed by atoms with Gasteiger partial charge >= 0.3 is 0 Å². The molecule has 0 aliphatic heterocycles. The largest absolute Gasteiger partial charge is 0.383 e. The molecule has 5 heteroatoms. The Hall–Kier alpha value is -1.78. The minimum atomic E-state index is 0.148. The van der Waals surface area contributed by atoms with Crippen LogP contribution in [0.4, 0.5) is 17.6 Å². The minimum Gasteiger partial charge on any atom is -0.383 e. The first-order valence-electron chi connectivity index (χ1n) is 11.0. The Kier molecular flexibility index (Phi) is 13.2. The molecule has 6 N–H and O–H groups in total. The van der Waals surface area contributed by atoms with E-state index < -0.39 is 0 Å². The van der Waals surface area contributed by atoms with Gasteiger partial charge in [-0.1, -0.05) is 76.9 Å². The highest BCUT2D eigenvalue weighted by Crippen LogP contribution is 2.20. The predicted molar refractivity (Wildman–Crippen MR) is 118 cm³/mol. The second-order valence-electron chi connectivity index (χ2n) is 7.52. The van der Waals surface area contributed by atoms with Gasteiger partial charge in [0.05, 0.1) is 0 Å². The maximum atomic E-state index is 5.87. The Balaban J connectivity index is 1.91. The van der Waals surface area contributed by atoms with Gasteiger partial charge in [0, 0.05) is 5.56 Å². The van der Waals surface area contributed by atoms with Crippen molar-refractivity contribution in [1.82, 2.24) is 9.97 Å². The highest BCUT2D eigenvalue weighted by Gasteiger charge is 2.08. The Morgan fingerprint density at radius 1 is 0.630 bits per heavy atom. The lowest BCUT2D eigenvalue weighted by molar-refractivity contribution is 0.595. The van der Waals surface area contributed by atoms with E-state index in [2.05, 4.69) is 29.0 Å². The van der Waals surface area contributed by atoms with E-state index in [1.807, 2.05) is 0 Å². The number of hydrogen-bond acceptors (Lipinski definition) is 5. The zero-order valence-electron chi connectivity index (χ0n) is 17.4. The molecule has 0 radical (unpaired) electrons. The SMILES string of the molecule is CCCCCCCC/C=C\CCCCCCCCc1c(N)nc(N)nc1N. The Labute approximate surface area is 166 Å².